The number of Topliss-reactive ketones (excluding diaryl/α,β-unsaturated/α-hetero) is 1. The Kier molecular flexibility index (Phi) is 7.29. The topological polar surface area (TPSA) is 70.2 Å². The first-order valence-electron chi connectivity index (χ1n) is 9.59. The highest BCUT2D eigenvalue weighted by molar-refractivity contribution is 7.80. The van der Waals surface area contributed by atoms with Gasteiger partial charge in [0.15, 0.2) is 10.9 Å². The molecule has 30 heavy (non-hydrogen) atoms. The van der Waals surface area contributed by atoms with E-state index in [2.05, 4.69) is 16.2 Å². The van der Waals surface area contributed by atoms with Gasteiger partial charge in [-0.25, -0.2) is 0 Å². The Morgan fingerprint density at radius 2 is 1.40 bits per heavy atom. The molecule has 0 aliphatic rings. The molecule has 3 N–H and O–H groups in total. The highest BCUT2D eigenvalue weighted by Crippen LogP contribution is 2.19. The number of aryl methyl sites for hydroxylation is 1. The number of amides is 1. The molecule has 152 valence electrons. The summed E-state index contributed by atoms with van der Waals surface area (Å²) in [5.41, 5.74) is 8.47. The second-order valence-electron chi connectivity index (χ2n) is 6.88. The van der Waals surface area contributed by atoms with Crippen molar-refractivity contribution in [1.29, 1.82) is 0 Å². The van der Waals surface area contributed by atoms with E-state index < -0.39 is 0 Å². The van der Waals surface area contributed by atoms with Crippen molar-refractivity contribution in [3.05, 3.63) is 107 Å². The molecular formula is C24H23N3O2S. The molecule has 1 atom stereocenters. The lowest BCUT2D eigenvalue weighted by Crippen LogP contribution is -2.48. The molecule has 0 fully saturated rings. The van der Waals surface area contributed by atoms with Crippen LogP contribution in [0, 0.1) is 6.92 Å². The third-order valence-corrected chi connectivity index (χ3v) is 4.82. The van der Waals surface area contributed by atoms with Crippen molar-refractivity contribution in [3.8, 4) is 0 Å². The van der Waals surface area contributed by atoms with Gasteiger partial charge in [-0.3, -0.25) is 20.4 Å². The lowest BCUT2D eigenvalue weighted by atomic mass is 9.98. The van der Waals surface area contributed by atoms with Crippen molar-refractivity contribution in [2.75, 3.05) is 0 Å². The van der Waals surface area contributed by atoms with Gasteiger partial charge in [0.2, 0.25) is 0 Å². The molecule has 5 nitrogen and oxygen atoms in total. The number of benzene rings is 3. The molecule has 0 radical (unpaired) electrons. The number of hydrogen-bond donors (Lipinski definition) is 3. The molecule has 0 aliphatic heterocycles. The fourth-order valence-corrected chi connectivity index (χ4v) is 3.14. The number of carbonyl (C=O) groups is 2. The molecule has 3 aromatic carbocycles. The van der Waals surface area contributed by atoms with Crippen molar-refractivity contribution < 1.29 is 9.59 Å². The average Bonchev–Trinajstić information content (AvgIpc) is 2.78. The number of carbonyl (C=O) groups excluding carboxylic acids is 2. The third kappa shape index (κ3) is 5.99. The van der Waals surface area contributed by atoms with E-state index in [1.807, 2.05) is 67.6 Å². The van der Waals surface area contributed by atoms with Gasteiger partial charge in [-0.05, 0) is 36.8 Å². The number of thiocarbonyl (C=S) groups is 1. The molecule has 3 rings (SSSR count). The standard InChI is InChI=1S/C24H23N3O2S/c1-17-12-14-20(15-13-17)23(29)26-27-24(30)25-21(18-8-4-2-5-9-18)16-22(28)19-10-6-3-7-11-19/h2-15,21H,16H2,1H3,(H,26,29)(H2,25,27,30). The SMILES string of the molecule is Cc1ccc(C(=O)NNC(=S)NC(CC(=O)c2ccccc2)c2ccccc2)cc1. The minimum atomic E-state index is -0.338. The van der Waals surface area contributed by atoms with Crippen molar-refractivity contribution in [3.63, 3.8) is 0 Å². The Balaban J connectivity index is 1.63. The van der Waals surface area contributed by atoms with E-state index in [0.717, 1.165) is 11.1 Å². The van der Waals surface area contributed by atoms with Gasteiger partial charge in [-0.1, -0.05) is 78.4 Å². The van der Waals surface area contributed by atoms with Crippen LogP contribution in [0.25, 0.3) is 0 Å². The Labute approximate surface area is 181 Å². The maximum absolute atomic E-state index is 12.7. The summed E-state index contributed by atoms with van der Waals surface area (Å²) in [6, 6.07) is 25.6. The molecule has 0 heterocycles. The molecular weight excluding hydrogens is 394 g/mol. The number of rotatable bonds is 6. The van der Waals surface area contributed by atoms with Gasteiger partial charge >= 0.3 is 0 Å². The van der Waals surface area contributed by atoms with Gasteiger partial charge in [-0.2, -0.15) is 0 Å². The van der Waals surface area contributed by atoms with Crippen LogP contribution in [0.3, 0.4) is 0 Å². The van der Waals surface area contributed by atoms with Crippen LogP contribution in [-0.4, -0.2) is 16.8 Å². The van der Waals surface area contributed by atoms with Gasteiger partial charge in [-0.15, -0.1) is 0 Å². The molecule has 0 spiro atoms. The molecule has 6 heteroatoms. The van der Waals surface area contributed by atoms with E-state index >= 15 is 0 Å². The van der Waals surface area contributed by atoms with E-state index in [4.69, 9.17) is 12.2 Å². The van der Waals surface area contributed by atoms with E-state index in [9.17, 15) is 9.59 Å². The molecule has 0 aromatic heterocycles. The normalized spacial score (nSPS) is 11.2. The maximum atomic E-state index is 12.7. The van der Waals surface area contributed by atoms with Gasteiger partial charge in [0.1, 0.15) is 0 Å². The van der Waals surface area contributed by atoms with Crippen molar-refractivity contribution in [2.45, 2.75) is 19.4 Å². The molecule has 0 aliphatic carbocycles. The first-order chi connectivity index (χ1) is 14.5. The minimum Gasteiger partial charge on any atom is -0.354 e. The molecule has 1 amide bonds. The summed E-state index contributed by atoms with van der Waals surface area (Å²) in [5, 5.41) is 3.36. The molecule has 3 aromatic rings. The highest BCUT2D eigenvalue weighted by atomic mass is 32.1. The molecule has 1 unspecified atom stereocenters. The van der Waals surface area contributed by atoms with Crippen LogP contribution < -0.4 is 16.2 Å². The molecule has 0 bridgehead atoms. The van der Waals surface area contributed by atoms with Gasteiger partial charge < -0.3 is 5.32 Å². The van der Waals surface area contributed by atoms with E-state index in [-0.39, 0.29) is 29.3 Å². The predicted octanol–water partition coefficient (Wildman–Crippen LogP) is 4.12. The van der Waals surface area contributed by atoms with E-state index in [1.165, 1.54) is 0 Å². The Morgan fingerprint density at radius 1 is 0.800 bits per heavy atom. The predicted molar refractivity (Wildman–Crippen MR) is 122 cm³/mol. The zero-order valence-corrected chi connectivity index (χ0v) is 17.4. The molecule has 0 saturated carbocycles. The monoisotopic (exact) mass is 417 g/mol. The Bertz CT molecular complexity index is 1010. The highest BCUT2D eigenvalue weighted by Gasteiger charge is 2.18. The van der Waals surface area contributed by atoms with Crippen molar-refractivity contribution >= 4 is 29.0 Å². The summed E-state index contributed by atoms with van der Waals surface area (Å²) >= 11 is 5.34. The number of ketones is 1. The second-order valence-corrected chi connectivity index (χ2v) is 7.28. The quantitative estimate of drug-likeness (QED) is 0.320. The number of hydrogen-bond acceptors (Lipinski definition) is 3. The van der Waals surface area contributed by atoms with Gasteiger partial charge in [0.05, 0.1) is 6.04 Å². The van der Waals surface area contributed by atoms with Crippen LogP contribution in [0.5, 0.6) is 0 Å². The first kappa shape index (κ1) is 21.2. The first-order valence-corrected chi connectivity index (χ1v) is 10.0. The summed E-state index contributed by atoms with van der Waals surface area (Å²) in [5.74, 6) is -0.292. The van der Waals surface area contributed by atoms with Crippen LogP contribution in [-0.2, 0) is 0 Å². The van der Waals surface area contributed by atoms with E-state index in [1.54, 1.807) is 24.3 Å². The summed E-state index contributed by atoms with van der Waals surface area (Å²) < 4.78 is 0. The third-order valence-electron chi connectivity index (χ3n) is 4.60. The fourth-order valence-electron chi connectivity index (χ4n) is 2.95. The zero-order valence-electron chi connectivity index (χ0n) is 16.6. The minimum absolute atomic E-state index is 0.00319. The largest absolute Gasteiger partial charge is 0.354 e. The summed E-state index contributed by atoms with van der Waals surface area (Å²) in [6.07, 6.45) is 0.224. The van der Waals surface area contributed by atoms with Gasteiger partial charge in [0.25, 0.3) is 5.91 Å². The number of nitrogens with one attached hydrogen (secondary N) is 3. The summed E-state index contributed by atoms with van der Waals surface area (Å²) in [4.78, 5) is 25.0. The van der Waals surface area contributed by atoms with Crippen molar-refractivity contribution in [1.82, 2.24) is 16.2 Å². The fraction of sp³-hybridized carbons (Fsp3) is 0.125. The summed E-state index contributed by atoms with van der Waals surface area (Å²) in [6.45, 7) is 1.96. The zero-order chi connectivity index (χ0) is 21.3. The van der Waals surface area contributed by atoms with Crippen LogP contribution >= 0.6 is 12.2 Å². The maximum Gasteiger partial charge on any atom is 0.269 e. The lowest BCUT2D eigenvalue weighted by molar-refractivity contribution is 0.0939. The van der Waals surface area contributed by atoms with Crippen LogP contribution in [0.4, 0.5) is 0 Å². The van der Waals surface area contributed by atoms with Gasteiger partial charge in [0, 0.05) is 17.5 Å². The number of hydrazine groups is 1. The van der Waals surface area contributed by atoms with E-state index in [0.29, 0.717) is 11.1 Å². The Hall–Kier alpha value is -3.51. The average molecular weight is 418 g/mol. The Morgan fingerprint density at radius 3 is 2.03 bits per heavy atom. The van der Waals surface area contributed by atoms with Crippen molar-refractivity contribution in [2.24, 2.45) is 0 Å². The summed E-state index contributed by atoms with van der Waals surface area (Å²) in [7, 11) is 0. The van der Waals surface area contributed by atoms with Crippen LogP contribution in [0.1, 0.15) is 44.3 Å². The lowest BCUT2D eigenvalue weighted by Gasteiger charge is -2.21. The smallest absolute Gasteiger partial charge is 0.269 e. The van der Waals surface area contributed by atoms with Crippen LogP contribution in [0.2, 0.25) is 0 Å². The van der Waals surface area contributed by atoms with Crippen LogP contribution in [0.15, 0.2) is 84.9 Å². The second kappa shape index (κ2) is 10.3. The molecule has 0 saturated heterocycles.